The van der Waals surface area contributed by atoms with Crippen molar-refractivity contribution in [3.05, 3.63) is 29.4 Å². The minimum atomic E-state index is -0.378. The van der Waals surface area contributed by atoms with Crippen LogP contribution in [0, 0.1) is 0 Å². The second-order valence-corrected chi connectivity index (χ2v) is 6.71. The van der Waals surface area contributed by atoms with Crippen LogP contribution in [0.15, 0.2) is 23.0 Å². The first-order valence-corrected chi connectivity index (χ1v) is 8.83. The molecule has 0 unspecified atom stereocenters. The highest BCUT2D eigenvalue weighted by Gasteiger charge is 2.25. The fraction of sp³-hybridized carbons (Fsp3) is 0.412. The smallest absolute Gasteiger partial charge is 0.316 e. The summed E-state index contributed by atoms with van der Waals surface area (Å²) in [6.07, 6.45) is 7.16. The molecule has 1 amide bonds. The second kappa shape index (κ2) is 7.05. The lowest BCUT2D eigenvalue weighted by molar-refractivity contribution is 0.0591. The predicted molar refractivity (Wildman–Crippen MR) is 94.9 cm³/mol. The summed E-state index contributed by atoms with van der Waals surface area (Å²) in [6, 6.07) is 1.91. The molecule has 0 radical (unpaired) electrons. The molecule has 9 heteroatoms. The zero-order valence-corrected chi connectivity index (χ0v) is 14.9. The number of nitrogens with one attached hydrogen (secondary N) is 2. The molecule has 3 heterocycles. The summed E-state index contributed by atoms with van der Waals surface area (Å²) >= 11 is 6.40. The van der Waals surface area contributed by atoms with E-state index >= 15 is 0 Å². The Morgan fingerprint density at radius 2 is 2.19 bits per heavy atom. The van der Waals surface area contributed by atoms with E-state index in [1.165, 1.54) is 0 Å². The molecule has 4 rings (SSSR count). The Balaban J connectivity index is 1.48. The summed E-state index contributed by atoms with van der Waals surface area (Å²) in [6.45, 7) is 0. The molecule has 1 fully saturated rings. The summed E-state index contributed by atoms with van der Waals surface area (Å²) in [4.78, 5) is 23.8. The van der Waals surface area contributed by atoms with E-state index in [1.54, 1.807) is 19.5 Å². The molecule has 0 spiro atoms. The third-order valence-corrected chi connectivity index (χ3v) is 5.13. The van der Waals surface area contributed by atoms with Crippen LogP contribution < -0.4 is 5.32 Å². The van der Waals surface area contributed by atoms with Gasteiger partial charge in [0.25, 0.3) is 0 Å². The lowest BCUT2D eigenvalue weighted by Gasteiger charge is -2.27. The van der Waals surface area contributed by atoms with Gasteiger partial charge in [0.1, 0.15) is 5.65 Å². The summed E-state index contributed by atoms with van der Waals surface area (Å²) in [5.74, 6) is -0.227. The van der Waals surface area contributed by atoms with Gasteiger partial charge in [0, 0.05) is 30.9 Å². The average molecular weight is 376 g/mol. The van der Waals surface area contributed by atoms with Crippen LogP contribution in [0.25, 0.3) is 22.4 Å². The largest absolute Gasteiger partial charge is 0.381 e. The Morgan fingerprint density at radius 3 is 2.96 bits per heavy atom. The number of hydrogen-bond donors (Lipinski definition) is 2. The number of H-pyrrole nitrogens is 1. The molecular formula is C17H18ClN5O3. The second-order valence-electron chi connectivity index (χ2n) is 6.33. The van der Waals surface area contributed by atoms with E-state index in [9.17, 15) is 4.79 Å². The van der Waals surface area contributed by atoms with Crippen LogP contribution in [0.4, 0.5) is 0 Å². The maximum absolute atomic E-state index is 12.4. The number of aromatic nitrogens is 4. The maximum Gasteiger partial charge on any atom is 0.316 e. The molecule has 26 heavy (non-hydrogen) atoms. The molecule has 3 aromatic rings. The highest BCUT2D eigenvalue weighted by atomic mass is 35.5. The van der Waals surface area contributed by atoms with Gasteiger partial charge in [0.15, 0.2) is 0 Å². The van der Waals surface area contributed by atoms with Gasteiger partial charge in [-0.05, 0) is 31.7 Å². The van der Waals surface area contributed by atoms with Gasteiger partial charge in [0.05, 0.1) is 16.7 Å². The minimum absolute atomic E-state index is 0.0842. The molecule has 3 aromatic heterocycles. The predicted octanol–water partition coefficient (Wildman–Crippen LogP) is 2.95. The molecule has 136 valence electrons. The van der Waals surface area contributed by atoms with E-state index in [1.807, 2.05) is 6.07 Å². The summed E-state index contributed by atoms with van der Waals surface area (Å²) in [5, 5.41) is 8.04. The zero-order valence-electron chi connectivity index (χ0n) is 14.2. The van der Waals surface area contributed by atoms with Gasteiger partial charge in [-0.3, -0.25) is 4.79 Å². The quantitative estimate of drug-likeness (QED) is 0.726. The molecule has 2 N–H and O–H groups in total. The monoisotopic (exact) mass is 375 g/mol. The van der Waals surface area contributed by atoms with Gasteiger partial charge in [-0.15, -0.1) is 0 Å². The lowest BCUT2D eigenvalue weighted by atomic mass is 9.93. The summed E-state index contributed by atoms with van der Waals surface area (Å²) in [5.41, 5.74) is 1.19. The van der Waals surface area contributed by atoms with E-state index in [2.05, 4.69) is 25.4 Å². The van der Waals surface area contributed by atoms with Gasteiger partial charge in [-0.2, -0.15) is 4.98 Å². The van der Waals surface area contributed by atoms with Gasteiger partial charge in [-0.1, -0.05) is 16.8 Å². The maximum atomic E-state index is 12.4. The van der Waals surface area contributed by atoms with Crippen molar-refractivity contribution in [2.24, 2.45) is 0 Å². The van der Waals surface area contributed by atoms with E-state index < -0.39 is 0 Å². The highest BCUT2D eigenvalue weighted by Crippen LogP contribution is 2.31. The van der Waals surface area contributed by atoms with E-state index in [0.29, 0.717) is 16.2 Å². The number of rotatable bonds is 4. The van der Waals surface area contributed by atoms with Crippen LogP contribution in [0.2, 0.25) is 5.02 Å². The van der Waals surface area contributed by atoms with Crippen molar-refractivity contribution >= 4 is 28.5 Å². The van der Waals surface area contributed by atoms with E-state index in [-0.39, 0.29) is 29.8 Å². The molecule has 1 aliphatic carbocycles. The molecule has 0 bridgehead atoms. The highest BCUT2D eigenvalue weighted by molar-refractivity contribution is 6.37. The van der Waals surface area contributed by atoms with Crippen molar-refractivity contribution in [3.63, 3.8) is 0 Å². The number of nitrogens with zero attached hydrogens (tertiary/aromatic N) is 3. The average Bonchev–Trinajstić information content (AvgIpc) is 3.32. The number of hydrogen-bond acceptors (Lipinski definition) is 6. The summed E-state index contributed by atoms with van der Waals surface area (Å²) < 4.78 is 10.5. The van der Waals surface area contributed by atoms with Gasteiger partial charge >= 0.3 is 11.8 Å². The number of ether oxygens (including phenoxy) is 1. The Bertz CT molecular complexity index is 930. The number of pyridine rings is 1. The normalized spacial score (nSPS) is 20.4. The van der Waals surface area contributed by atoms with Crippen molar-refractivity contribution < 1.29 is 14.1 Å². The molecule has 0 aliphatic heterocycles. The van der Waals surface area contributed by atoms with Crippen molar-refractivity contribution in [1.82, 2.24) is 25.4 Å². The molecule has 1 saturated carbocycles. The van der Waals surface area contributed by atoms with Crippen LogP contribution in [0.3, 0.4) is 0 Å². The fourth-order valence-corrected chi connectivity index (χ4v) is 3.53. The van der Waals surface area contributed by atoms with Gasteiger partial charge in [0.2, 0.25) is 5.82 Å². The van der Waals surface area contributed by atoms with E-state index in [4.69, 9.17) is 20.9 Å². The first-order valence-electron chi connectivity index (χ1n) is 8.45. The first kappa shape index (κ1) is 17.0. The van der Waals surface area contributed by atoms with Crippen molar-refractivity contribution in [2.75, 3.05) is 7.11 Å². The number of aromatic amines is 1. The third kappa shape index (κ3) is 3.17. The van der Waals surface area contributed by atoms with Crippen LogP contribution in [-0.4, -0.2) is 45.3 Å². The number of carbonyl (C=O) groups is 1. The molecule has 0 aromatic carbocycles. The number of amides is 1. The molecule has 1 aliphatic rings. The van der Waals surface area contributed by atoms with Crippen LogP contribution in [-0.2, 0) is 4.74 Å². The van der Waals surface area contributed by atoms with Crippen molar-refractivity contribution in [3.8, 4) is 11.4 Å². The van der Waals surface area contributed by atoms with Crippen molar-refractivity contribution in [2.45, 2.75) is 37.8 Å². The topological polar surface area (TPSA) is 106 Å². The lowest BCUT2D eigenvalue weighted by Crippen LogP contribution is -2.39. The van der Waals surface area contributed by atoms with E-state index in [0.717, 1.165) is 31.1 Å². The number of carbonyl (C=O) groups excluding carboxylic acids is 1. The minimum Gasteiger partial charge on any atom is -0.381 e. The fourth-order valence-electron chi connectivity index (χ4n) is 3.25. The molecule has 8 nitrogen and oxygen atoms in total. The molecular weight excluding hydrogens is 358 g/mol. The van der Waals surface area contributed by atoms with Crippen molar-refractivity contribution in [1.29, 1.82) is 0 Å². The Hall–Kier alpha value is -2.45. The van der Waals surface area contributed by atoms with Crippen LogP contribution >= 0.6 is 11.6 Å². The van der Waals surface area contributed by atoms with Crippen LogP contribution in [0.1, 0.15) is 36.4 Å². The Morgan fingerprint density at radius 1 is 1.38 bits per heavy atom. The Kier molecular flexibility index (Phi) is 4.60. The van der Waals surface area contributed by atoms with Gasteiger partial charge in [-0.25, -0.2) is 4.98 Å². The number of halogens is 1. The molecule has 0 atom stereocenters. The number of fused-ring (bicyclic) bond motifs is 1. The first-order chi connectivity index (χ1) is 12.7. The standard InChI is InChI=1S/C17H18ClN5O3/c1-25-10-4-2-9(3-5-10)21-16(24)17-22-15(23-26-17)12-8-20-14-11(13(12)18)6-7-19-14/h6-10H,2-5H2,1H3,(H,19,20)(H,21,24)/t9-,10-. The summed E-state index contributed by atoms with van der Waals surface area (Å²) in [7, 11) is 1.72. The SMILES string of the molecule is CO[C@H]1CC[C@H](NC(=O)c2nc(-c3cnc4[nH]ccc4c3Cl)no2)CC1. The van der Waals surface area contributed by atoms with Gasteiger partial charge < -0.3 is 19.6 Å². The number of methoxy groups -OCH3 is 1. The Labute approximate surface area is 154 Å². The molecule has 0 saturated heterocycles. The van der Waals surface area contributed by atoms with Crippen LogP contribution in [0.5, 0.6) is 0 Å². The third-order valence-electron chi connectivity index (χ3n) is 4.72. The zero-order chi connectivity index (χ0) is 18.1.